The maximum absolute atomic E-state index is 13.0. The number of aromatic nitrogens is 4. The van der Waals surface area contributed by atoms with Crippen LogP contribution in [0.3, 0.4) is 0 Å². The molecule has 0 spiro atoms. The Balaban J connectivity index is 1.74. The first-order valence-corrected chi connectivity index (χ1v) is 8.61. The van der Waals surface area contributed by atoms with Crippen molar-refractivity contribution in [2.45, 2.75) is 17.3 Å². The average molecular weight is 373 g/mol. The van der Waals surface area contributed by atoms with Crippen LogP contribution in [-0.4, -0.2) is 38.5 Å². The molecule has 134 valence electrons. The zero-order valence-corrected chi connectivity index (χ0v) is 14.9. The van der Waals surface area contributed by atoms with E-state index in [0.29, 0.717) is 22.3 Å². The molecule has 1 atom stereocenters. The van der Waals surface area contributed by atoms with Gasteiger partial charge in [-0.25, -0.2) is 4.39 Å². The molecular weight excluding hydrogens is 357 g/mol. The number of benzene rings is 2. The van der Waals surface area contributed by atoms with E-state index in [1.54, 1.807) is 20.1 Å². The summed E-state index contributed by atoms with van der Waals surface area (Å²) in [4.78, 5) is 12.4. The highest BCUT2D eigenvalue weighted by Gasteiger charge is 2.20. The highest BCUT2D eigenvalue weighted by molar-refractivity contribution is 8.00. The minimum atomic E-state index is -0.473. The summed E-state index contributed by atoms with van der Waals surface area (Å²) in [6, 6.07) is 12.9. The van der Waals surface area contributed by atoms with E-state index < -0.39 is 5.25 Å². The number of hydrogen-bond donors (Lipinski definition) is 1. The smallest absolute Gasteiger partial charge is 0.237 e. The highest BCUT2D eigenvalue weighted by atomic mass is 32.2. The third-order valence-electron chi connectivity index (χ3n) is 3.52. The van der Waals surface area contributed by atoms with E-state index >= 15 is 0 Å². The molecule has 0 radical (unpaired) electrons. The van der Waals surface area contributed by atoms with Gasteiger partial charge >= 0.3 is 0 Å². The predicted molar refractivity (Wildman–Crippen MR) is 96.1 cm³/mol. The third kappa shape index (κ3) is 3.99. The fraction of sp³-hybridized carbons (Fsp3) is 0.176. The van der Waals surface area contributed by atoms with E-state index in [9.17, 15) is 9.18 Å². The number of nitrogens with one attached hydrogen (secondary N) is 1. The SMILES string of the molecule is COc1ccccc1-n1nnnc1S[C@@H](C)C(=O)Nc1ccc(F)cc1. The number of carbonyl (C=O) groups is 1. The Labute approximate surface area is 153 Å². The molecule has 0 saturated carbocycles. The first-order chi connectivity index (χ1) is 12.6. The summed E-state index contributed by atoms with van der Waals surface area (Å²) in [5, 5.41) is 14.4. The Bertz CT molecular complexity index is 900. The van der Waals surface area contributed by atoms with E-state index in [1.165, 1.54) is 40.7 Å². The molecule has 3 aromatic rings. The van der Waals surface area contributed by atoms with Crippen LogP contribution in [0, 0.1) is 5.82 Å². The summed E-state index contributed by atoms with van der Waals surface area (Å²) < 4.78 is 19.8. The molecule has 2 aromatic carbocycles. The van der Waals surface area contributed by atoms with E-state index in [1.807, 2.05) is 18.2 Å². The normalized spacial score (nSPS) is 11.8. The first-order valence-electron chi connectivity index (χ1n) is 7.73. The van der Waals surface area contributed by atoms with Gasteiger partial charge < -0.3 is 10.1 Å². The molecule has 0 aliphatic heterocycles. The van der Waals surface area contributed by atoms with Crippen LogP contribution in [-0.2, 0) is 4.79 Å². The van der Waals surface area contributed by atoms with Gasteiger partial charge in [0, 0.05) is 5.69 Å². The van der Waals surface area contributed by atoms with Gasteiger partial charge in [-0.05, 0) is 53.7 Å². The molecule has 9 heteroatoms. The van der Waals surface area contributed by atoms with E-state index in [4.69, 9.17) is 4.74 Å². The minimum absolute atomic E-state index is 0.240. The number of amides is 1. The third-order valence-corrected chi connectivity index (χ3v) is 4.55. The largest absolute Gasteiger partial charge is 0.494 e. The molecule has 1 N–H and O–H groups in total. The quantitative estimate of drug-likeness (QED) is 0.669. The lowest BCUT2D eigenvalue weighted by Gasteiger charge is -2.13. The Morgan fingerprint density at radius 3 is 2.69 bits per heavy atom. The summed E-state index contributed by atoms with van der Waals surface area (Å²) in [5.74, 6) is 0.0164. The number of anilines is 1. The summed E-state index contributed by atoms with van der Waals surface area (Å²) >= 11 is 1.21. The van der Waals surface area contributed by atoms with Gasteiger partial charge in [0.25, 0.3) is 0 Å². The number of para-hydroxylation sites is 2. The standard InChI is InChI=1S/C17H16FN5O2S/c1-11(16(24)19-13-9-7-12(18)8-10-13)26-17-20-21-22-23(17)14-5-3-4-6-15(14)25-2/h3-11H,1-2H3,(H,19,24)/t11-/m0/s1. The maximum atomic E-state index is 13.0. The second-order valence-electron chi connectivity index (χ2n) is 5.30. The number of carbonyl (C=O) groups excluding carboxylic acids is 1. The molecule has 0 saturated heterocycles. The van der Waals surface area contributed by atoms with Crippen LogP contribution < -0.4 is 10.1 Å². The van der Waals surface area contributed by atoms with E-state index in [2.05, 4.69) is 20.8 Å². The van der Waals surface area contributed by atoms with Crippen LogP contribution in [0.2, 0.25) is 0 Å². The molecule has 0 aliphatic carbocycles. The number of tetrazole rings is 1. The van der Waals surface area contributed by atoms with Gasteiger partial charge in [-0.1, -0.05) is 23.9 Å². The van der Waals surface area contributed by atoms with Gasteiger partial charge in [0.15, 0.2) is 0 Å². The first kappa shape index (κ1) is 17.9. The van der Waals surface area contributed by atoms with Crippen LogP contribution in [0.1, 0.15) is 6.92 Å². The molecule has 26 heavy (non-hydrogen) atoms. The van der Waals surface area contributed by atoms with Crippen LogP contribution in [0.4, 0.5) is 10.1 Å². The lowest BCUT2D eigenvalue weighted by atomic mass is 10.3. The van der Waals surface area contributed by atoms with Crippen molar-refractivity contribution in [2.75, 3.05) is 12.4 Å². The lowest BCUT2D eigenvalue weighted by molar-refractivity contribution is -0.115. The van der Waals surface area contributed by atoms with Crippen molar-refractivity contribution in [1.29, 1.82) is 0 Å². The lowest BCUT2D eigenvalue weighted by Crippen LogP contribution is -2.23. The minimum Gasteiger partial charge on any atom is -0.494 e. The molecule has 0 fully saturated rings. The fourth-order valence-corrected chi connectivity index (χ4v) is 3.00. The van der Waals surface area contributed by atoms with Crippen LogP contribution in [0.5, 0.6) is 5.75 Å². The maximum Gasteiger partial charge on any atom is 0.237 e. The Morgan fingerprint density at radius 1 is 1.23 bits per heavy atom. The zero-order valence-electron chi connectivity index (χ0n) is 14.1. The molecule has 0 bridgehead atoms. The van der Waals surface area contributed by atoms with Crippen LogP contribution in [0.15, 0.2) is 53.7 Å². The monoisotopic (exact) mass is 373 g/mol. The topological polar surface area (TPSA) is 81.9 Å². The van der Waals surface area contributed by atoms with Gasteiger partial charge in [-0.3, -0.25) is 4.79 Å². The molecule has 1 aromatic heterocycles. The van der Waals surface area contributed by atoms with Crippen molar-refractivity contribution in [2.24, 2.45) is 0 Å². The number of halogens is 1. The molecule has 1 heterocycles. The second kappa shape index (κ2) is 7.96. The summed E-state index contributed by atoms with van der Waals surface area (Å²) in [7, 11) is 1.56. The molecule has 3 rings (SSSR count). The fourth-order valence-electron chi connectivity index (χ4n) is 2.20. The zero-order chi connectivity index (χ0) is 18.5. The van der Waals surface area contributed by atoms with Gasteiger partial charge in [-0.2, -0.15) is 4.68 Å². The molecular formula is C17H16FN5O2S. The highest BCUT2D eigenvalue weighted by Crippen LogP contribution is 2.28. The van der Waals surface area contributed by atoms with Gasteiger partial charge in [0.05, 0.1) is 12.4 Å². The summed E-state index contributed by atoms with van der Waals surface area (Å²) in [6.45, 7) is 1.74. The Morgan fingerprint density at radius 2 is 1.96 bits per heavy atom. The molecule has 1 amide bonds. The van der Waals surface area contributed by atoms with Crippen molar-refractivity contribution in [3.8, 4) is 11.4 Å². The Kier molecular flexibility index (Phi) is 5.47. The van der Waals surface area contributed by atoms with Crippen molar-refractivity contribution < 1.29 is 13.9 Å². The number of thioether (sulfide) groups is 1. The van der Waals surface area contributed by atoms with E-state index in [-0.39, 0.29) is 11.7 Å². The van der Waals surface area contributed by atoms with Crippen molar-refractivity contribution >= 4 is 23.4 Å². The number of methoxy groups -OCH3 is 1. The molecule has 7 nitrogen and oxygen atoms in total. The van der Waals surface area contributed by atoms with E-state index in [0.717, 1.165) is 0 Å². The van der Waals surface area contributed by atoms with Crippen LogP contribution >= 0.6 is 11.8 Å². The van der Waals surface area contributed by atoms with Gasteiger partial charge in [-0.15, -0.1) is 5.10 Å². The van der Waals surface area contributed by atoms with Gasteiger partial charge in [0.1, 0.15) is 17.3 Å². The summed E-state index contributed by atoms with van der Waals surface area (Å²) in [5.41, 5.74) is 1.20. The number of hydrogen-bond acceptors (Lipinski definition) is 6. The number of nitrogens with zero attached hydrogens (tertiary/aromatic N) is 4. The van der Waals surface area contributed by atoms with Crippen LogP contribution in [0.25, 0.3) is 5.69 Å². The van der Waals surface area contributed by atoms with Crippen molar-refractivity contribution in [1.82, 2.24) is 20.2 Å². The number of ether oxygens (including phenoxy) is 1. The van der Waals surface area contributed by atoms with Gasteiger partial charge in [0.2, 0.25) is 11.1 Å². The Hall–Kier alpha value is -2.94. The van der Waals surface area contributed by atoms with Crippen molar-refractivity contribution in [3.05, 3.63) is 54.3 Å². The summed E-state index contributed by atoms with van der Waals surface area (Å²) in [6.07, 6.45) is 0. The van der Waals surface area contributed by atoms with Crippen molar-refractivity contribution in [3.63, 3.8) is 0 Å². The average Bonchev–Trinajstić information content (AvgIpc) is 3.11. The molecule has 0 aliphatic rings. The number of rotatable bonds is 6. The predicted octanol–water partition coefficient (Wildman–Crippen LogP) is 2.93. The second-order valence-corrected chi connectivity index (χ2v) is 6.61. The molecule has 0 unspecified atom stereocenters.